The van der Waals surface area contributed by atoms with E-state index in [9.17, 15) is 9.18 Å². The molecule has 0 saturated carbocycles. The first kappa shape index (κ1) is 19.5. The zero-order valence-corrected chi connectivity index (χ0v) is 16.4. The number of amides is 1. The molecule has 28 heavy (non-hydrogen) atoms. The number of carbonyl (C=O) groups excluding carboxylic acids is 1. The molecule has 0 unspecified atom stereocenters. The number of rotatable bonds is 6. The second kappa shape index (κ2) is 8.21. The molecule has 0 radical (unpaired) electrons. The van der Waals surface area contributed by atoms with Gasteiger partial charge in [-0.15, -0.1) is 0 Å². The summed E-state index contributed by atoms with van der Waals surface area (Å²) in [6, 6.07) is 8.24. The Morgan fingerprint density at radius 3 is 2.68 bits per heavy atom. The van der Waals surface area contributed by atoms with Crippen LogP contribution < -0.4 is 4.74 Å². The average Bonchev–Trinajstić information content (AvgIpc) is 3.13. The summed E-state index contributed by atoms with van der Waals surface area (Å²) in [5.74, 6) is -0.0901. The van der Waals surface area contributed by atoms with E-state index < -0.39 is 0 Å². The van der Waals surface area contributed by atoms with Crippen molar-refractivity contribution < 1.29 is 13.9 Å². The highest BCUT2D eigenvalue weighted by atomic mass is 19.1. The van der Waals surface area contributed by atoms with Crippen molar-refractivity contribution in [1.82, 2.24) is 19.4 Å². The van der Waals surface area contributed by atoms with Crippen molar-refractivity contribution in [3.8, 4) is 17.0 Å². The number of benzene rings is 1. The highest BCUT2D eigenvalue weighted by Crippen LogP contribution is 2.27. The van der Waals surface area contributed by atoms with Gasteiger partial charge in [0.25, 0.3) is 5.91 Å². The molecule has 3 aromatic rings. The van der Waals surface area contributed by atoms with Crippen LogP contribution in [0.5, 0.6) is 5.88 Å². The van der Waals surface area contributed by atoms with Crippen molar-refractivity contribution in [3.05, 3.63) is 66.1 Å². The van der Waals surface area contributed by atoms with Gasteiger partial charge in [-0.3, -0.25) is 4.79 Å². The fourth-order valence-corrected chi connectivity index (χ4v) is 2.94. The van der Waals surface area contributed by atoms with E-state index in [-0.39, 0.29) is 17.8 Å². The number of carbonyl (C=O) groups is 1. The van der Waals surface area contributed by atoms with Crippen LogP contribution >= 0.6 is 0 Å². The van der Waals surface area contributed by atoms with Gasteiger partial charge in [-0.05, 0) is 43.2 Å². The molecule has 0 aliphatic carbocycles. The van der Waals surface area contributed by atoms with Gasteiger partial charge in [0.2, 0.25) is 5.88 Å². The lowest BCUT2D eigenvalue weighted by Gasteiger charge is -2.26. The number of ether oxygens (including phenoxy) is 1. The van der Waals surface area contributed by atoms with Crippen molar-refractivity contribution >= 4 is 5.91 Å². The van der Waals surface area contributed by atoms with Crippen molar-refractivity contribution in [3.63, 3.8) is 0 Å². The van der Waals surface area contributed by atoms with E-state index in [1.54, 1.807) is 52.5 Å². The van der Waals surface area contributed by atoms with Gasteiger partial charge in [-0.25, -0.2) is 14.4 Å². The molecule has 0 saturated heterocycles. The number of hydrogen-bond donors (Lipinski definition) is 0. The number of halogens is 1. The Bertz CT molecular complexity index is 984. The Morgan fingerprint density at radius 2 is 2.04 bits per heavy atom. The summed E-state index contributed by atoms with van der Waals surface area (Å²) < 4.78 is 21.3. The van der Waals surface area contributed by atoms with Crippen LogP contribution in [-0.2, 0) is 13.6 Å². The van der Waals surface area contributed by atoms with Crippen LogP contribution in [0.3, 0.4) is 0 Å². The Morgan fingerprint density at radius 1 is 1.25 bits per heavy atom. The van der Waals surface area contributed by atoms with Crippen LogP contribution in [0, 0.1) is 5.82 Å². The molecule has 0 fully saturated rings. The average molecular weight is 382 g/mol. The summed E-state index contributed by atoms with van der Waals surface area (Å²) >= 11 is 0. The smallest absolute Gasteiger partial charge is 0.274 e. The second-order valence-corrected chi connectivity index (χ2v) is 6.85. The van der Waals surface area contributed by atoms with Crippen LogP contribution in [0.4, 0.5) is 4.39 Å². The fraction of sp³-hybridized carbons (Fsp3) is 0.286. The van der Waals surface area contributed by atoms with E-state index in [2.05, 4.69) is 9.97 Å². The molecule has 7 heteroatoms. The molecule has 0 aliphatic rings. The molecule has 0 aliphatic heterocycles. The van der Waals surface area contributed by atoms with Crippen molar-refractivity contribution in [2.75, 3.05) is 7.11 Å². The molecular formula is C21H23FN4O2. The van der Waals surface area contributed by atoms with Gasteiger partial charge in [-0.2, -0.15) is 0 Å². The lowest BCUT2D eigenvalue weighted by Crippen LogP contribution is -2.36. The lowest BCUT2D eigenvalue weighted by atomic mass is 10.0. The molecule has 6 nitrogen and oxygen atoms in total. The van der Waals surface area contributed by atoms with E-state index in [0.717, 1.165) is 5.56 Å². The minimum absolute atomic E-state index is 0.0379. The highest BCUT2D eigenvalue weighted by molar-refractivity contribution is 5.92. The Labute approximate surface area is 163 Å². The van der Waals surface area contributed by atoms with Gasteiger partial charge in [0.1, 0.15) is 11.5 Å². The van der Waals surface area contributed by atoms with E-state index >= 15 is 0 Å². The third-order valence-corrected chi connectivity index (χ3v) is 4.45. The predicted octanol–water partition coefficient (Wildman–Crippen LogP) is 3.68. The van der Waals surface area contributed by atoms with Crippen LogP contribution in [0.2, 0.25) is 0 Å². The Balaban J connectivity index is 1.91. The van der Waals surface area contributed by atoms with Crippen LogP contribution in [0.1, 0.15) is 29.9 Å². The van der Waals surface area contributed by atoms with E-state index in [0.29, 0.717) is 29.2 Å². The van der Waals surface area contributed by atoms with Crippen molar-refractivity contribution in [1.29, 1.82) is 0 Å². The van der Waals surface area contributed by atoms with Gasteiger partial charge in [0.15, 0.2) is 0 Å². The third kappa shape index (κ3) is 4.19. The first-order chi connectivity index (χ1) is 13.4. The maximum atomic E-state index is 14.5. The first-order valence-electron chi connectivity index (χ1n) is 8.97. The second-order valence-electron chi connectivity index (χ2n) is 6.85. The summed E-state index contributed by atoms with van der Waals surface area (Å²) in [6.07, 6.45) is 4.86. The lowest BCUT2D eigenvalue weighted by molar-refractivity contribution is 0.0684. The van der Waals surface area contributed by atoms with Crippen molar-refractivity contribution in [2.45, 2.75) is 26.4 Å². The van der Waals surface area contributed by atoms with Gasteiger partial charge in [-0.1, -0.05) is 6.07 Å². The number of aryl methyl sites for hydroxylation is 1. The minimum Gasteiger partial charge on any atom is -0.481 e. The van der Waals surface area contributed by atoms with Gasteiger partial charge in [0.05, 0.1) is 13.4 Å². The Kier molecular flexibility index (Phi) is 5.73. The van der Waals surface area contributed by atoms with Crippen LogP contribution in [0.25, 0.3) is 11.1 Å². The first-order valence-corrected chi connectivity index (χ1v) is 8.97. The number of methoxy groups -OCH3 is 1. The summed E-state index contributed by atoms with van der Waals surface area (Å²) in [6.45, 7) is 4.24. The molecule has 1 amide bonds. The molecule has 0 spiro atoms. The summed E-state index contributed by atoms with van der Waals surface area (Å²) in [5.41, 5.74) is 2.31. The topological polar surface area (TPSA) is 60.2 Å². The standard InChI is InChI=1S/C21H23FN4O2/c1-14(2)26(21(27)19-12-25(3)13-24-19)11-15-5-6-18(22)17(9-15)16-7-8-23-20(10-16)28-4/h5-10,12-14H,11H2,1-4H3. The van der Waals surface area contributed by atoms with E-state index in [1.165, 1.54) is 13.2 Å². The summed E-state index contributed by atoms with van der Waals surface area (Å²) in [7, 11) is 3.33. The number of aromatic nitrogens is 3. The number of nitrogens with zero attached hydrogens (tertiary/aromatic N) is 4. The number of hydrogen-bond acceptors (Lipinski definition) is 4. The van der Waals surface area contributed by atoms with Crippen LogP contribution in [-0.4, -0.2) is 38.5 Å². The highest BCUT2D eigenvalue weighted by Gasteiger charge is 2.21. The normalized spacial score (nSPS) is 10.9. The molecule has 0 N–H and O–H groups in total. The molecule has 3 rings (SSSR count). The molecule has 146 valence electrons. The maximum absolute atomic E-state index is 14.5. The van der Waals surface area contributed by atoms with Gasteiger partial charge >= 0.3 is 0 Å². The zero-order chi connectivity index (χ0) is 20.3. The molecule has 0 atom stereocenters. The predicted molar refractivity (Wildman–Crippen MR) is 104 cm³/mol. The summed E-state index contributed by atoms with van der Waals surface area (Å²) in [4.78, 5) is 22.8. The zero-order valence-electron chi connectivity index (χ0n) is 16.4. The fourth-order valence-electron chi connectivity index (χ4n) is 2.94. The molecular weight excluding hydrogens is 359 g/mol. The maximum Gasteiger partial charge on any atom is 0.274 e. The van der Waals surface area contributed by atoms with Crippen molar-refractivity contribution in [2.24, 2.45) is 7.05 Å². The molecule has 2 aromatic heterocycles. The molecule has 2 heterocycles. The SMILES string of the molecule is COc1cc(-c2cc(CN(C(=O)c3cn(C)cn3)C(C)C)ccc2F)ccn1. The van der Waals surface area contributed by atoms with E-state index in [4.69, 9.17) is 4.74 Å². The number of imidazole rings is 1. The monoisotopic (exact) mass is 382 g/mol. The van der Waals surface area contributed by atoms with Gasteiger partial charge < -0.3 is 14.2 Å². The van der Waals surface area contributed by atoms with Gasteiger partial charge in [0, 0.05) is 43.7 Å². The number of pyridine rings is 1. The molecule has 0 bridgehead atoms. The minimum atomic E-state index is -0.343. The Hall–Kier alpha value is -3.22. The summed E-state index contributed by atoms with van der Waals surface area (Å²) in [5, 5.41) is 0. The molecule has 1 aromatic carbocycles. The largest absolute Gasteiger partial charge is 0.481 e. The quantitative estimate of drug-likeness (QED) is 0.653. The van der Waals surface area contributed by atoms with E-state index in [1.807, 2.05) is 20.9 Å². The third-order valence-electron chi connectivity index (χ3n) is 4.45. The van der Waals surface area contributed by atoms with Crippen LogP contribution in [0.15, 0.2) is 49.1 Å².